The first kappa shape index (κ1) is 14.3. The van der Waals surface area contributed by atoms with Crippen LogP contribution in [0.15, 0.2) is 48.5 Å². The van der Waals surface area contributed by atoms with E-state index < -0.39 is 0 Å². The van der Waals surface area contributed by atoms with Crippen molar-refractivity contribution in [2.75, 3.05) is 5.73 Å². The average Bonchev–Trinajstić information content (AvgIpc) is 3.04. The molecule has 1 aromatic heterocycles. The van der Waals surface area contributed by atoms with Crippen LogP contribution in [0.3, 0.4) is 0 Å². The van der Waals surface area contributed by atoms with Gasteiger partial charge in [0.25, 0.3) is 0 Å². The lowest BCUT2D eigenvalue weighted by Crippen LogP contribution is -2.00. The molecule has 1 heterocycles. The molecule has 2 aromatic carbocycles. The van der Waals surface area contributed by atoms with Crippen molar-refractivity contribution in [2.24, 2.45) is 0 Å². The predicted molar refractivity (Wildman–Crippen MR) is 87.6 cm³/mol. The molecule has 2 N–H and O–H groups in total. The summed E-state index contributed by atoms with van der Waals surface area (Å²) in [5.74, 6) is 0.710. The van der Waals surface area contributed by atoms with Gasteiger partial charge in [0.15, 0.2) is 5.82 Å². The van der Waals surface area contributed by atoms with E-state index >= 15 is 0 Å². The lowest BCUT2D eigenvalue weighted by molar-refractivity contribution is 0.784. The van der Waals surface area contributed by atoms with E-state index in [-0.39, 0.29) is 0 Å². The number of unbranched alkanes of at least 4 members (excludes halogenated alkanes) is 1. The van der Waals surface area contributed by atoms with E-state index in [0.717, 1.165) is 23.4 Å². The van der Waals surface area contributed by atoms with Gasteiger partial charge in [-0.15, -0.1) is 5.10 Å². The fourth-order valence-electron chi connectivity index (χ4n) is 2.36. The molecule has 0 saturated heterocycles. The molecule has 0 atom stereocenters. The Balaban J connectivity index is 1.89. The molecule has 0 aliphatic carbocycles. The number of nitrogen functional groups attached to an aromatic ring is 1. The van der Waals surface area contributed by atoms with E-state index in [1.54, 1.807) is 4.68 Å². The van der Waals surface area contributed by atoms with Gasteiger partial charge >= 0.3 is 0 Å². The summed E-state index contributed by atoms with van der Waals surface area (Å²) in [7, 11) is 0. The standard InChI is InChI=1S/C17H19N5/c1-2-3-4-13-5-11-16(12-6-13)22-17(19-20-21-22)14-7-9-15(18)10-8-14/h5-12H,2-4,18H2,1H3. The van der Waals surface area contributed by atoms with Gasteiger partial charge in [0.2, 0.25) is 0 Å². The van der Waals surface area contributed by atoms with Crippen LogP contribution in [0.4, 0.5) is 5.69 Å². The van der Waals surface area contributed by atoms with Crippen molar-refractivity contribution in [1.82, 2.24) is 20.2 Å². The number of nitrogens with two attached hydrogens (primary N) is 1. The van der Waals surface area contributed by atoms with Crippen molar-refractivity contribution in [3.8, 4) is 17.1 Å². The van der Waals surface area contributed by atoms with Crippen LogP contribution in [0.2, 0.25) is 0 Å². The van der Waals surface area contributed by atoms with Crippen LogP contribution in [-0.4, -0.2) is 20.2 Å². The number of benzene rings is 2. The third kappa shape index (κ3) is 2.98. The number of hydrogen-bond acceptors (Lipinski definition) is 4. The molecular weight excluding hydrogens is 274 g/mol. The molecule has 0 bridgehead atoms. The normalized spacial score (nSPS) is 10.8. The number of rotatable bonds is 5. The summed E-state index contributed by atoms with van der Waals surface area (Å²) < 4.78 is 1.75. The third-order valence-corrected chi connectivity index (χ3v) is 3.64. The molecule has 5 nitrogen and oxygen atoms in total. The molecule has 0 aliphatic rings. The van der Waals surface area contributed by atoms with Crippen molar-refractivity contribution in [3.05, 3.63) is 54.1 Å². The maximum atomic E-state index is 5.73. The van der Waals surface area contributed by atoms with Gasteiger partial charge in [0.05, 0.1) is 5.69 Å². The molecule has 0 unspecified atom stereocenters. The second-order valence-corrected chi connectivity index (χ2v) is 5.31. The van der Waals surface area contributed by atoms with Crippen LogP contribution in [0, 0.1) is 0 Å². The van der Waals surface area contributed by atoms with Gasteiger partial charge in [0, 0.05) is 11.3 Å². The number of nitrogens with zero attached hydrogens (tertiary/aromatic N) is 4. The highest BCUT2D eigenvalue weighted by molar-refractivity contribution is 5.60. The summed E-state index contributed by atoms with van der Waals surface area (Å²) in [6.45, 7) is 2.20. The van der Waals surface area contributed by atoms with Crippen LogP contribution in [-0.2, 0) is 6.42 Å². The van der Waals surface area contributed by atoms with Crippen molar-refractivity contribution in [2.45, 2.75) is 26.2 Å². The lowest BCUT2D eigenvalue weighted by atomic mass is 10.1. The predicted octanol–water partition coefficient (Wildman–Crippen LogP) is 3.25. The molecule has 0 spiro atoms. The number of tetrazole rings is 1. The molecule has 0 fully saturated rings. The Morgan fingerprint density at radius 1 is 1.00 bits per heavy atom. The second kappa shape index (κ2) is 6.39. The zero-order valence-corrected chi connectivity index (χ0v) is 12.6. The second-order valence-electron chi connectivity index (χ2n) is 5.31. The van der Waals surface area contributed by atoms with E-state index in [1.807, 2.05) is 24.3 Å². The Kier molecular flexibility index (Phi) is 4.14. The number of hydrogen-bond donors (Lipinski definition) is 1. The van der Waals surface area contributed by atoms with Gasteiger partial charge in [0.1, 0.15) is 0 Å². The quantitative estimate of drug-likeness (QED) is 0.733. The molecule has 5 heteroatoms. The van der Waals surface area contributed by atoms with Crippen LogP contribution >= 0.6 is 0 Å². The summed E-state index contributed by atoms with van der Waals surface area (Å²) in [4.78, 5) is 0. The molecule has 0 aliphatic heterocycles. The van der Waals surface area contributed by atoms with E-state index in [4.69, 9.17) is 5.73 Å². The zero-order valence-electron chi connectivity index (χ0n) is 12.6. The van der Waals surface area contributed by atoms with Crippen LogP contribution in [0.5, 0.6) is 0 Å². The van der Waals surface area contributed by atoms with E-state index in [9.17, 15) is 0 Å². The maximum Gasteiger partial charge on any atom is 0.187 e. The van der Waals surface area contributed by atoms with E-state index in [1.165, 1.54) is 18.4 Å². The van der Waals surface area contributed by atoms with Crippen molar-refractivity contribution in [3.63, 3.8) is 0 Å². The highest BCUT2D eigenvalue weighted by atomic mass is 15.5. The summed E-state index contributed by atoms with van der Waals surface area (Å²) in [6, 6.07) is 15.9. The maximum absolute atomic E-state index is 5.73. The van der Waals surface area contributed by atoms with Crippen LogP contribution in [0.1, 0.15) is 25.3 Å². The fourth-order valence-corrected chi connectivity index (χ4v) is 2.36. The lowest BCUT2D eigenvalue weighted by Gasteiger charge is -2.06. The van der Waals surface area contributed by atoms with E-state index in [0.29, 0.717) is 5.82 Å². The highest BCUT2D eigenvalue weighted by Crippen LogP contribution is 2.21. The van der Waals surface area contributed by atoms with Crippen molar-refractivity contribution in [1.29, 1.82) is 0 Å². The van der Waals surface area contributed by atoms with Crippen molar-refractivity contribution < 1.29 is 0 Å². The Morgan fingerprint density at radius 2 is 1.73 bits per heavy atom. The first-order chi connectivity index (χ1) is 10.8. The molecular formula is C17H19N5. The summed E-state index contributed by atoms with van der Waals surface area (Å²) >= 11 is 0. The summed E-state index contributed by atoms with van der Waals surface area (Å²) in [6.07, 6.45) is 3.52. The SMILES string of the molecule is CCCCc1ccc(-n2nnnc2-c2ccc(N)cc2)cc1. The van der Waals surface area contributed by atoms with Crippen molar-refractivity contribution >= 4 is 5.69 Å². The smallest absolute Gasteiger partial charge is 0.187 e. The van der Waals surface area contributed by atoms with Gasteiger partial charge in [-0.1, -0.05) is 25.5 Å². The molecule has 3 rings (SSSR count). The highest BCUT2D eigenvalue weighted by Gasteiger charge is 2.10. The number of aromatic nitrogens is 4. The summed E-state index contributed by atoms with van der Waals surface area (Å²) in [5.41, 5.74) is 9.69. The molecule has 22 heavy (non-hydrogen) atoms. The summed E-state index contributed by atoms with van der Waals surface area (Å²) in [5, 5.41) is 12.0. The Labute approximate surface area is 129 Å². The molecule has 0 amide bonds. The minimum Gasteiger partial charge on any atom is -0.399 e. The first-order valence-corrected chi connectivity index (χ1v) is 7.51. The minimum atomic E-state index is 0.710. The topological polar surface area (TPSA) is 69.6 Å². The Hall–Kier alpha value is -2.69. The van der Waals surface area contributed by atoms with Gasteiger partial charge < -0.3 is 5.73 Å². The van der Waals surface area contributed by atoms with Gasteiger partial charge in [-0.3, -0.25) is 0 Å². The van der Waals surface area contributed by atoms with Gasteiger partial charge in [-0.2, -0.15) is 4.68 Å². The third-order valence-electron chi connectivity index (χ3n) is 3.64. The molecule has 112 valence electrons. The largest absolute Gasteiger partial charge is 0.399 e. The number of anilines is 1. The Morgan fingerprint density at radius 3 is 2.41 bits per heavy atom. The zero-order chi connectivity index (χ0) is 15.4. The molecule has 0 radical (unpaired) electrons. The fraction of sp³-hybridized carbons (Fsp3) is 0.235. The molecule has 0 saturated carbocycles. The van der Waals surface area contributed by atoms with Gasteiger partial charge in [-0.25, -0.2) is 0 Å². The van der Waals surface area contributed by atoms with Crippen LogP contribution < -0.4 is 5.73 Å². The van der Waals surface area contributed by atoms with Crippen LogP contribution in [0.25, 0.3) is 17.1 Å². The number of aryl methyl sites for hydroxylation is 1. The first-order valence-electron chi connectivity index (χ1n) is 7.51. The molecule has 3 aromatic rings. The monoisotopic (exact) mass is 293 g/mol. The Bertz CT molecular complexity index is 729. The minimum absolute atomic E-state index is 0.710. The average molecular weight is 293 g/mol. The van der Waals surface area contributed by atoms with Gasteiger partial charge in [-0.05, 0) is 65.2 Å². The van der Waals surface area contributed by atoms with E-state index in [2.05, 4.69) is 46.7 Å².